The Labute approximate surface area is 241 Å². The van der Waals surface area contributed by atoms with E-state index in [0.29, 0.717) is 23.7 Å². The molecule has 1 unspecified atom stereocenters. The van der Waals surface area contributed by atoms with Gasteiger partial charge in [-0.25, -0.2) is 0 Å². The summed E-state index contributed by atoms with van der Waals surface area (Å²) in [5, 5.41) is 12.0. The molecule has 0 aliphatic carbocycles. The monoisotopic (exact) mass is 546 g/mol. The van der Waals surface area contributed by atoms with Gasteiger partial charge in [0.1, 0.15) is 28.9 Å². The van der Waals surface area contributed by atoms with Gasteiger partial charge in [0.2, 0.25) is 5.88 Å². The van der Waals surface area contributed by atoms with Crippen molar-refractivity contribution in [2.24, 2.45) is 5.73 Å². The predicted molar refractivity (Wildman–Crippen MR) is 160 cm³/mol. The molecule has 208 valence electrons. The first-order chi connectivity index (χ1) is 20.1. The Morgan fingerprint density at radius 2 is 1.68 bits per heavy atom. The van der Waals surface area contributed by atoms with Crippen LogP contribution in [-0.4, -0.2) is 12.6 Å². The third-order valence-corrected chi connectivity index (χ3v) is 7.37. The third kappa shape index (κ3) is 6.53. The van der Waals surface area contributed by atoms with Crippen molar-refractivity contribution in [2.75, 3.05) is 6.61 Å². The highest BCUT2D eigenvalue weighted by Crippen LogP contribution is 2.43. The van der Waals surface area contributed by atoms with Crippen molar-refractivity contribution in [2.45, 2.75) is 51.4 Å². The van der Waals surface area contributed by atoms with Gasteiger partial charge < -0.3 is 19.9 Å². The van der Waals surface area contributed by atoms with Crippen molar-refractivity contribution in [1.29, 1.82) is 5.26 Å². The second kappa shape index (κ2) is 13.1. The number of carbonyl (C=O) groups excluding carboxylic acids is 1. The van der Waals surface area contributed by atoms with Gasteiger partial charge in [0.25, 0.3) is 0 Å². The number of nitrogens with two attached hydrogens (primary N) is 1. The topological polar surface area (TPSA) is 94.6 Å². The average molecular weight is 547 g/mol. The molecule has 5 rings (SSSR count). The number of nitriles is 1. The van der Waals surface area contributed by atoms with Gasteiger partial charge in [0, 0.05) is 11.6 Å². The van der Waals surface area contributed by atoms with E-state index in [2.05, 4.69) is 13.0 Å². The first kappa shape index (κ1) is 27.8. The third-order valence-electron chi connectivity index (χ3n) is 7.37. The highest BCUT2D eigenvalue weighted by Gasteiger charge is 2.31. The highest BCUT2D eigenvalue weighted by molar-refractivity contribution is 5.89. The van der Waals surface area contributed by atoms with Crippen LogP contribution in [0.3, 0.4) is 0 Å². The maximum absolute atomic E-state index is 12.9. The minimum Gasteiger partial charge on any atom is -0.494 e. The number of hydrogen-bond donors (Lipinski definition) is 1. The van der Waals surface area contributed by atoms with Gasteiger partial charge in [-0.05, 0) is 46.5 Å². The summed E-state index contributed by atoms with van der Waals surface area (Å²) >= 11 is 0. The fourth-order valence-corrected chi connectivity index (χ4v) is 5.26. The van der Waals surface area contributed by atoms with Crippen LogP contribution in [0.2, 0.25) is 0 Å². The quantitative estimate of drug-likeness (QED) is 0.119. The van der Waals surface area contributed by atoms with Crippen LogP contribution in [0.1, 0.15) is 61.6 Å². The zero-order chi connectivity index (χ0) is 28.6. The number of rotatable bonds is 11. The lowest BCUT2D eigenvalue weighted by Crippen LogP contribution is -2.21. The largest absolute Gasteiger partial charge is 0.494 e. The van der Waals surface area contributed by atoms with Gasteiger partial charge >= 0.3 is 5.97 Å². The van der Waals surface area contributed by atoms with E-state index in [-0.39, 0.29) is 18.3 Å². The van der Waals surface area contributed by atoms with E-state index >= 15 is 0 Å². The Hall–Kier alpha value is -4.76. The van der Waals surface area contributed by atoms with Gasteiger partial charge in [0.05, 0.1) is 18.9 Å². The van der Waals surface area contributed by atoms with Gasteiger partial charge in [-0.2, -0.15) is 5.26 Å². The summed E-state index contributed by atoms with van der Waals surface area (Å²) in [5.74, 6) is 0.846. The average Bonchev–Trinajstić information content (AvgIpc) is 2.98. The number of nitrogens with zero attached hydrogens (tertiary/aromatic N) is 1. The molecular formula is C35H34N2O4. The molecule has 4 aromatic rings. The van der Waals surface area contributed by atoms with Crippen molar-refractivity contribution in [3.05, 3.63) is 113 Å². The molecule has 6 nitrogen and oxygen atoms in total. The highest BCUT2D eigenvalue weighted by atomic mass is 16.5. The minimum absolute atomic E-state index is 0.0386. The van der Waals surface area contributed by atoms with Crippen LogP contribution in [-0.2, 0) is 11.2 Å². The Morgan fingerprint density at radius 1 is 0.927 bits per heavy atom. The second-order valence-electron chi connectivity index (χ2n) is 10.2. The van der Waals surface area contributed by atoms with Gasteiger partial charge in [0.15, 0.2) is 0 Å². The van der Waals surface area contributed by atoms with E-state index in [1.807, 2.05) is 72.8 Å². The van der Waals surface area contributed by atoms with Gasteiger partial charge in [-0.3, -0.25) is 4.79 Å². The number of fused-ring (bicyclic) bond motifs is 2. The van der Waals surface area contributed by atoms with Crippen molar-refractivity contribution in [3.8, 4) is 23.3 Å². The standard InChI is InChI=1S/C35H34N2O4/c1-2-3-4-5-8-20-39-27-16-14-25(15-17-27)34-30-19-18-28(22-32(30)41-35(37)31(34)23-36)40-33(38)21-26-12-9-11-24-10-6-7-13-29(24)26/h6-7,9-19,22,34H,2-5,8,20-21,37H2,1H3. The lowest BCUT2D eigenvalue weighted by Gasteiger charge is -2.26. The lowest BCUT2D eigenvalue weighted by molar-refractivity contribution is -0.133. The maximum Gasteiger partial charge on any atom is 0.315 e. The number of carbonyl (C=O) groups is 1. The number of esters is 1. The van der Waals surface area contributed by atoms with Crippen LogP contribution in [0.4, 0.5) is 0 Å². The Bertz CT molecular complexity index is 1600. The van der Waals surface area contributed by atoms with Crippen LogP contribution in [0.5, 0.6) is 17.2 Å². The number of unbranched alkanes of at least 4 members (excludes halogenated alkanes) is 4. The summed E-state index contributed by atoms with van der Waals surface area (Å²) < 4.78 is 17.4. The minimum atomic E-state index is -0.410. The predicted octanol–water partition coefficient (Wildman–Crippen LogP) is 7.56. The number of ether oxygens (including phenoxy) is 3. The molecule has 0 spiro atoms. The van der Waals surface area contributed by atoms with E-state index in [9.17, 15) is 10.1 Å². The fraction of sp³-hybridized carbons (Fsp3) is 0.257. The second-order valence-corrected chi connectivity index (χ2v) is 10.2. The molecule has 1 aliphatic rings. The smallest absolute Gasteiger partial charge is 0.315 e. The summed E-state index contributed by atoms with van der Waals surface area (Å²) in [6.45, 7) is 2.89. The van der Waals surface area contributed by atoms with Gasteiger partial charge in [-0.1, -0.05) is 93.3 Å². The summed E-state index contributed by atoms with van der Waals surface area (Å²) in [6.07, 6.45) is 6.05. The summed E-state index contributed by atoms with van der Waals surface area (Å²) in [6, 6.07) is 29.0. The lowest BCUT2D eigenvalue weighted by atomic mass is 9.83. The molecular weight excluding hydrogens is 512 g/mol. The first-order valence-electron chi connectivity index (χ1n) is 14.2. The van der Waals surface area contributed by atoms with Crippen LogP contribution in [0.25, 0.3) is 10.8 Å². The Kier molecular flexibility index (Phi) is 8.85. The van der Waals surface area contributed by atoms with E-state index in [4.69, 9.17) is 19.9 Å². The first-order valence-corrected chi connectivity index (χ1v) is 14.2. The van der Waals surface area contributed by atoms with Gasteiger partial charge in [-0.15, -0.1) is 0 Å². The molecule has 0 fully saturated rings. The normalized spacial score (nSPS) is 14.2. The van der Waals surface area contributed by atoms with Crippen LogP contribution < -0.4 is 19.9 Å². The Balaban J connectivity index is 1.30. The summed E-state index contributed by atoms with van der Waals surface area (Å²) in [5.41, 5.74) is 9.09. The molecule has 0 amide bonds. The maximum atomic E-state index is 12.9. The van der Waals surface area contributed by atoms with E-state index < -0.39 is 5.92 Å². The molecule has 0 bridgehead atoms. The molecule has 1 heterocycles. The van der Waals surface area contributed by atoms with Crippen LogP contribution in [0, 0.1) is 11.3 Å². The van der Waals surface area contributed by atoms with Crippen molar-refractivity contribution in [3.63, 3.8) is 0 Å². The zero-order valence-corrected chi connectivity index (χ0v) is 23.3. The molecule has 2 N–H and O–H groups in total. The number of benzene rings is 4. The molecule has 0 saturated heterocycles. The number of hydrogen-bond acceptors (Lipinski definition) is 6. The fourth-order valence-electron chi connectivity index (χ4n) is 5.26. The van der Waals surface area contributed by atoms with E-state index in [0.717, 1.165) is 39.6 Å². The molecule has 0 radical (unpaired) electrons. The summed E-state index contributed by atoms with van der Waals surface area (Å²) in [7, 11) is 0. The molecule has 0 aromatic heterocycles. The van der Waals surface area contributed by atoms with Crippen molar-refractivity contribution >= 4 is 16.7 Å². The Morgan fingerprint density at radius 3 is 2.49 bits per heavy atom. The number of allylic oxidation sites excluding steroid dienone is 1. The SMILES string of the molecule is CCCCCCCOc1ccc(C2C(C#N)=C(N)Oc3cc(OC(=O)Cc4cccc5ccccc45)ccc32)cc1. The van der Waals surface area contributed by atoms with Crippen molar-refractivity contribution in [1.82, 2.24) is 0 Å². The molecule has 0 saturated carbocycles. The van der Waals surface area contributed by atoms with Crippen LogP contribution in [0.15, 0.2) is 96.4 Å². The van der Waals surface area contributed by atoms with E-state index in [1.165, 1.54) is 25.7 Å². The zero-order valence-electron chi connectivity index (χ0n) is 23.3. The molecule has 1 atom stereocenters. The summed E-state index contributed by atoms with van der Waals surface area (Å²) in [4.78, 5) is 12.9. The molecule has 4 aromatic carbocycles. The molecule has 41 heavy (non-hydrogen) atoms. The molecule has 6 heteroatoms. The van der Waals surface area contributed by atoms with E-state index in [1.54, 1.807) is 12.1 Å². The van der Waals surface area contributed by atoms with Crippen molar-refractivity contribution < 1.29 is 19.0 Å². The molecule has 1 aliphatic heterocycles. The van der Waals surface area contributed by atoms with Crippen LogP contribution >= 0.6 is 0 Å².